The molecular weight excluding hydrogens is 231 g/mol. The van der Waals surface area contributed by atoms with Crippen molar-refractivity contribution in [1.82, 2.24) is 0 Å². The number of hydrogen-bond acceptors (Lipinski definition) is 3. The van der Waals surface area contributed by atoms with Crippen molar-refractivity contribution in [2.75, 3.05) is 24.6 Å². The van der Waals surface area contributed by atoms with E-state index in [2.05, 4.69) is 11.8 Å². The minimum Gasteiger partial charge on any atom is -0.395 e. The lowest BCUT2D eigenvalue weighted by molar-refractivity contribution is 0.301. The fourth-order valence-electron chi connectivity index (χ4n) is 2.00. The minimum absolute atomic E-state index is 0.0828. The fraction of sp³-hybridized carbons (Fsp3) is 0.571. The van der Waals surface area contributed by atoms with Crippen molar-refractivity contribution in [3.05, 3.63) is 29.6 Å². The zero-order valence-corrected chi connectivity index (χ0v) is 11.2. The molecule has 0 aliphatic heterocycles. The Bertz CT molecular complexity index is 369. The van der Waals surface area contributed by atoms with Crippen LogP contribution in [-0.4, -0.2) is 24.8 Å². The number of nitrogens with two attached hydrogens (primary N) is 1. The highest BCUT2D eigenvalue weighted by atomic mass is 19.1. The van der Waals surface area contributed by atoms with Crippen LogP contribution in [0.5, 0.6) is 0 Å². The van der Waals surface area contributed by atoms with Crippen LogP contribution in [0.2, 0.25) is 0 Å². The molecule has 1 aromatic rings. The highest BCUT2D eigenvalue weighted by Crippen LogP contribution is 2.26. The normalized spacial score (nSPS) is 12.5. The summed E-state index contributed by atoms with van der Waals surface area (Å²) < 4.78 is 13.3. The highest BCUT2D eigenvalue weighted by molar-refractivity contribution is 5.55. The molecule has 0 fully saturated rings. The van der Waals surface area contributed by atoms with E-state index < -0.39 is 0 Å². The predicted molar refractivity (Wildman–Crippen MR) is 73.2 cm³/mol. The summed E-state index contributed by atoms with van der Waals surface area (Å²) in [6.45, 7) is 5.44. The molecule has 0 spiro atoms. The molecule has 0 amide bonds. The van der Waals surface area contributed by atoms with E-state index in [9.17, 15) is 4.39 Å². The fourth-order valence-corrected chi connectivity index (χ4v) is 2.00. The summed E-state index contributed by atoms with van der Waals surface area (Å²) in [6, 6.07) is 4.45. The molecule has 102 valence electrons. The molecular formula is C14H23FN2O. The van der Waals surface area contributed by atoms with Gasteiger partial charge < -0.3 is 15.7 Å². The first-order chi connectivity index (χ1) is 8.60. The molecule has 0 saturated carbocycles. The molecule has 0 heterocycles. The van der Waals surface area contributed by atoms with Gasteiger partial charge in [0.15, 0.2) is 0 Å². The van der Waals surface area contributed by atoms with E-state index in [1.807, 2.05) is 6.92 Å². The third-order valence-corrected chi connectivity index (χ3v) is 2.97. The lowest BCUT2D eigenvalue weighted by atomic mass is 10.1. The summed E-state index contributed by atoms with van der Waals surface area (Å²) in [5, 5.41) is 9.13. The first-order valence-electron chi connectivity index (χ1n) is 6.51. The van der Waals surface area contributed by atoms with Crippen LogP contribution in [-0.2, 0) is 0 Å². The molecule has 1 rings (SSSR count). The van der Waals surface area contributed by atoms with Crippen molar-refractivity contribution >= 4 is 5.69 Å². The van der Waals surface area contributed by atoms with Crippen molar-refractivity contribution in [3.8, 4) is 0 Å². The van der Waals surface area contributed by atoms with E-state index in [1.54, 1.807) is 6.07 Å². The Morgan fingerprint density at radius 2 is 2.11 bits per heavy atom. The van der Waals surface area contributed by atoms with Gasteiger partial charge in [-0.05, 0) is 37.1 Å². The molecule has 0 bridgehead atoms. The SMILES string of the molecule is CCCCN(CCO)c1ccc(F)cc1[C@H](C)N. The first kappa shape index (κ1) is 14.9. The number of aliphatic hydroxyl groups is 1. The van der Waals surface area contributed by atoms with Crippen molar-refractivity contribution in [2.45, 2.75) is 32.7 Å². The average Bonchev–Trinajstić information content (AvgIpc) is 2.34. The van der Waals surface area contributed by atoms with E-state index in [0.717, 1.165) is 30.6 Å². The third kappa shape index (κ3) is 3.96. The van der Waals surface area contributed by atoms with Gasteiger partial charge in [-0.25, -0.2) is 4.39 Å². The zero-order valence-electron chi connectivity index (χ0n) is 11.2. The van der Waals surface area contributed by atoms with Gasteiger partial charge in [-0.3, -0.25) is 0 Å². The number of benzene rings is 1. The van der Waals surface area contributed by atoms with E-state index in [0.29, 0.717) is 6.54 Å². The first-order valence-corrected chi connectivity index (χ1v) is 6.51. The maximum absolute atomic E-state index is 13.3. The van der Waals surface area contributed by atoms with E-state index >= 15 is 0 Å². The molecule has 0 unspecified atom stereocenters. The molecule has 1 aromatic carbocycles. The number of hydrogen-bond donors (Lipinski definition) is 2. The highest BCUT2D eigenvalue weighted by Gasteiger charge is 2.14. The van der Waals surface area contributed by atoms with Crippen LogP contribution >= 0.6 is 0 Å². The van der Waals surface area contributed by atoms with Crippen LogP contribution in [0.1, 0.15) is 38.3 Å². The van der Waals surface area contributed by atoms with E-state index in [-0.39, 0.29) is 18.5 Å². The standard InChI is InChI=1S/C14H23FN2O/c1-3-4-7-17(8-9-18)14-6-5-12(15)10-13(14)11(2)16/h5-6,10-11,18H,3-4,7-9,16H2,1-2H3/t11-/m0/s1. The van der Waals surface area contributed by atoms with Crippen LogP contribution in [0.4, 0.5) is 10.1 Å². The Kier molecular flexibility index (Phi) is 6.09. The largest absolute Gasteiger partial charge is 0.395 e. The van der Waals surface area contributed by atoms with Gasteiger partial charge in [-0.15, -0.1) is 0 Å². The predicted octanol–water partition coefficient (Wildman–Crippen LogP) is 2.44. The van der Waals surface area contributed by atoms with Gasteiger partial charge in [0.1, 0.15) is 5.82 Å². The molecule has 0 saturated heterocycles. The van der Waals surface area contributed by atoms with Crippen molar-refractivity contribution in [3.63, 3.8) is 0 Å². The number of nitrogens with zero attached hydrogens (tertiary/aromatic N) is 1. The van der Waals surface area contributed by atoms with E-state index in [4.69, 9.17) is 10.8 Å². The number of anilines is 1. The minimum atomic E-state index is -0.273. The maximum Gasteiger partial charge on any atom is 0.123 e. The van der Waals surface area contributed by atoms with Gasteiger partial charge >= 0.3 is 0 Å². The summed E-state index contributed by atoms with van der Waals surface area (Å²) in [5.74, 6) is -0.273. The maximum atomic E-state index is 13.3. The van der Waals surface area contributed by atoms with Crippen molar-refractivity contribution in [2.24, 2.45) is 5.73 Å². The van der Waals surface area contributed by atoms with Crippen LogP contribution in [0, 0.1) is 5.82 Å². The second kappa shape index (κ2) is 7.34. The molecule has 1 atom stereocenters. The Morgan fingerprint density at radius 3 is 2.67 bits per heavy atom. The zero-order chi connectivity index (χ0) is 13.5. The number of unbranched alkanes of at least 4 members (excludes halogenated alkanes) is 1. The van der Waals surface area contributed by atoms with Gasteiger partial charge in [-0.2, -0.15) is 0 Å². The van der Waals surface area contributed by atoms with Gasteiger partial charge in [0.2, 0.25) is 0 Å². The molecule has 0 aliphatic rings. The second-order valence-corrected chi connectivity index (χ2v) is 4.56. The Labute approximate surface area is 108 Å². The summed E-state index contributed by atoms with van der Waals surface area (Å²) >= 11 is 0. The topological polar surface area (TPSA) is 49.5 Å². The Hall–Kier alpha value is -1.13. The lowest BCUT2D eigenvalue weighted by Crippen LogP contribution is -2.29. The smallest absolute Gasteiger partial charge is 0.123 e. The molecule has 4 heteroatoms. The third-order valence-electron chi connectivity index (χ3n) is 2.97. The van der Waals surface area contributed by atoms with Crippen LogP contribution in [0.25, 0.3) is 0 Å². The van der Waals surface area contributed by atoms with Gasteiger partial charge in [0.05, 0.1) is 6.61 Å². The van der Waals surface area contributed by atoms with Crippen LogP contribution < -0.4 is 10.6 Å². The van der Waals surface area contributed by atoms with Gasteiger partial charge in [0.25, 0.3) is 0 Å². The summed E-state index contributed by atoms with van der Waals surface area (Å²) in [5.41, 5.74) is 7.61. The van der Waals surface area contributed by atoms with E-state index in [1.165, 1.54) is 12.1 Å². The number of rotatable bonds is 7. The molecule has 0 radical (unpaired) electrons. The van der Waals surface area contributed by atoms with Gasteiger partial charge in [-0.1, -0.05) is 13.3 Å². The summed E-state index contributed by atoms with van der Waals surface area (Å²) in [7, 11) is 0. The van der Waals surface area contributed by atoms with Crippen molar-refractivity contribution in [1.29, 1.82) is 0 Å². The summed E-state index contributed by atoms with van der Waals surface area (Å²) in [6.07, 6.45) is 2.12. The van der Waals surface area contributed by atoms with Crippen LogP contribution in [0.15, 0.2) is 18.2 Å². The molecule has 3 N–H and O–H groups in total. The van der Waals surface area contributed by atoms with Crippen LogP contribution in [0.3, 0.4) is 0 Å². The Balaban J connectivity index is 3.01. The van der Waals surface area contributed by atoms with Gasteiger partial charge in [0, 0.05) is 24.8 Å². The monoisotopic (exact) mass is 254 g/mol. The molecule has 18 heavy (non-hydrogen) atoms. The Morgan fingerprint density at radius 1 is 1.39 bits per heavy atom. The average molecular weight is 254 g/mol. The van der Waals surface area contributed by atoms with Crippen molar-refractivity contribution < 1.29 is 9.50 Å². The lowest BCUT2D eigenvalue weighted by Gasteiger charge is -2.27. The second-order valence-electron chi connectivity index (χ2n) is 4.56. The quantitative estimate of drug-likeness (QED) is 0.785. The number of halogens is 1. The number of aliphatic hydroxyl groups excluding tert-OH is 1. The molecule has 0 aliphatic carbocycles. The molecule has 0 aromatic heterocycles. The summed E-state index contributed by atoms with van der Waals surface area (Å²) in [4.78, 5) is 2.07. The molecule has 3 nitrogen and oxygen atoms in total.